The summed E-state index contributed by atoms with van der Waals surface area (Å²) in [7, 11) is 0. The van der Waals surface area contributed by atoms with E-state index in [1.54, 1.807) is 0 Å². The maximum atomic E-state index is 12.2. The summed E-state index contributed by atoms with van der Waals surface area (Å²) in [4.78, 5) is 17.1. The molecule has 0 aliphatic rings. The van der Waals surface area contributed by atoms with Crippen molar-refractivity contribution in [2.75, 3.05) is 10.6 Å². The summed E-state index contributed by atoms with van der Waals surface area (Å²) in [5.74, 6) is 1.03. The van der Waals surface area contributed by atoms with Crippen molar-refractivity contribution in [2.45, 2.75) is 12.8 Å². The number of hydrogen-bond acceptors (Lipinski definition) is 2. The molecule has 0 saturated heterocycles. The van der Waals surface area contributed by atoms with Gasteiger partial charge in [-0.1, -0.05) is 60.7 Å². The molecule has 5 heteroatoms. The number of aromatic nitrogens is 2. The van der Waals surface area contributed by atoms with Gasteiger partial charge in [0.2, 0.25) is 0 Å². The molecule has 1 aromatic heterocycles. The monoisotopic (exact) mass is 432 g/mol. The van der Waals surface area contributed by atoms with Gasteiger partial charge in [-0.15, -0.1) is 0 Å². The van der Waals surface area contributed by atoms with Crippen LogP contribution in [0.15, 0.2) is 109 Å². The molecule has 0 atom stereocenters. The van der Waals surface area contributed by atoms with E-state index >= 15 is 0 Å². The molecule has 0 radical (unpaired) electrons. The maximum absolute atomic E-state index is 12.2. The average Bonchev–Trinajstić information content (AvgIpc) is 3.23. The number of nitrogens with zero attached hydrogens (tertiary/aromatic N) is 2. The van der Waals surface area contributed by atoms with Gasteiger partial charge in [-0.2, -0.15) is 0 Å². The molecule has 0 fully saturated rings. The molecule has 0 unspecified atom stereocenters. The first-order valence-corrected chi connectivity index (χ1v) is 11.0. The minimum Gasteiger partial charge on any atom is -0.308 e. The smallest absolute Gasteiger partial charge is 0.308 e. The number of carbonyl (C=O) groups excluding carboxylic acids is 1. The summed E-state index contributed by atoms with van der Waals surface area (Å²) in [6, 6.07) is 35.7. The van der Waals surface area contributed by atoms with Crippen LogP contribution < -0.4 is 10.6 Å². The van der Waals surface area contributed by atoms with Gasteiger partial charge in [-0.25, -0.2) is 9.78 Å². The lowest BCUT2D eigenvalue weighted by molar-refractivity contribution is 0.262. The molecule has 33 heavy (non-hydrogen) atoms. The number of rotatable bonds is 6. The van der Waals surface area contributed by atoms with E-state index in [1.165, 1.54) is 5.56 Å². The van der Waals surface area contributed by atoms with Crippen molar-refractivity contribution in [3.8, 4) is 5.69 Å². The van der Waals surface area contributed by atoms with Gasteiger partial charge < -0.3 is 10.6 Å². The Hall–Kier alpha value is -4.38. The molecule has 0 aliphatic carbocycles. The third-order valence-corrected chi connectivity index (χ3v) is 5.53. The van der Waals surface area contributed by atoms with Gasteiger partial charge in [0, 0.05) is 23.5 Å². The number of amides is 2. The minimum atomic E-state index is -0.259. The number of nitrogens with one attached hydrogen (secondary N) is 2. The Labute approximate surface area is 192 Å². The molecule has 5 rings (SSSR count). The topological polar surface area (TPSA) is 59.0 Å². The highest BCUT2D eigenvalue weighted by Crippen LogP contribution is 2.23. The van der Waals surface area contributed by atoms with Crippen LogP contribution in [0.5, 0.6) is 0 Å². The third-order valence-electron chi connectivity index (χ3n) is 5.53. The van der Waals surface area contributed by atoms with Crippen LogP contribution in [0.2, 0.25) is 0 Å². The van der Waals surface area contributed by atoms with Crippen molar-refractivity contribution < 1.29 is 4.79 Å². The zero-order valence-electron chi connectivity index (χ0n) is 18.1. The number of carbonyl (C=O) groups is 1. The highest BCUT2D eigenvalue weighted by Gasteiger charge is 2.12. The van der Waals surface area contributed by atoms with Gasteiger partial charge in [-0.05, 0) is 60.5 Å². The molecule has 4 aromatic carbocycles. The molecule has 5 nitrogen and oxygen atoms in total. The fraction of sp³-hybridized carbons (Fsp3) is 0.0714. The fourth-order valence-electron chi connectivity index (χ4n) is 3.93. The Morgan fingerprint density at radius 1 is 0.667 bits per heavy atom. The molecule has 0 aliphatic heterocycles. The summed E-state index contributed by atoms with van der Waals surface area (Å²) in [6.45, 7) is 0. The lowest BCUT2D eigenvalue weighted by atomic mass is 10.1. The van der Waals surface area contributed by atoms with Gasteiger partial charge in [-0.3, -0.25) is 4.57 Å². The van der Waals surface area contributed by atoms with Crippen LogP contribution in [-0.4, -0.2) is 15.6 Å². The number of fused-ring (bicyclic) bond motifs is 1. The Morgan fingerprint density at radius 3 is 2.00 bits per heavy atom. The van der Waals surface area contributed by atoms with Gasteiger partial charge in [0.05, 0.1) is 11.0 Å². The van der Waals surface area contributed by atoms with Gasteiger partial charge in [0.25, 0.3) is 0 Å². The first-order chi connectivity index (χ1) is 16.3. The third kappa shape index (κ3) is 4.77. The van der Waals surface area contributed by atoms with Crippen molar-refractivity contribution in [2.24, 2.45) is 0 Å². The number of anilines is 2. The molecule has 162 valence electrons. The summed E-state index contributed by atoms with van der Waals surface area (Å²) in [5, 5.41) is 5.70. The van der Waals surface area contributed by atoms with Gasteiger partial charge in [0.15, 0.2) is 0 Å². The van der Waals surface area contributed by atoms with Crippen molar-refractivity contribution >= 4 is 28.4 Å². The van der Waals surface area contributed by atoms with Crippen LogP contribution in [-0.2, 0) is 12.8 Å². The molecule has 0 spiro atoms. The molecule has 2 N–H and O–H groups in total. The number of hydrogen-bond donors (Lipinski definition) is 2. The quantitative estimate of drug-likeness (QED) is 0.324. The second kappa shape index (κ2) is 9.40. The van der Waals surface area contributed by atoms with Crippen LogP contribution in [0.1, 0.15) is 11.4 Å². The van der Waals surface area contributed by atoms with E-state index in [0.717, 1.165) is 46.8 Å². The van der Waals surface area contributed by atoms with Crippen molar-refractivity contribution in [1.82, 2.24) is 9.55 Å². The van der Waals surface area contributed by atoms with Crippen molar-refractivity contribution in [3.05, 3.63) is 121 Å². The molecule has 1 heterocycles. The highest BCUT2D eigenvalue weighted by atomic mass is 16.2. The van der Waals surface area contributed by atoms with Gasteiger partial charge >= 0.3 is 6.03 Å². The normalized spacial score (nSPS) is 10.8. The molecular weight excluding hydrogens is 408 g/mol. The Morgan fingerprint density at radius 2 is 1.27 bits per heavy atom. The van der Waals surface area contributed by atoms with Gasteiger partial charge in [0.1, 0.15) is 5.82 Å². The largest absolute Gasteiger partial charge is 0.323 e. The Balaban J connectivity index is 1.28. The summed E-state index contributed by atoms with van der Waals surface area (Å²) in [5.41, 5.74) is 5.93. The molecule has 2 amide bonds. The minimum absolute atomic E-state index is 0.259. The second-order valence-corrected chi connectivity index (χ2v) is 7.83. The highest BCUT2D eigenvalue weighted by molar-refractivity contribution is 5.99. The lowest BCUT2D eigenvalue weighted by Crippen LogP contribution is -2.19. The van der Waals surface area contributed by atoms with E-state index in [4.69, 9.17) is 4.98 Å². The fourth-order valence-corrected chi connectivity index (χ4v) is 3.93. The number of para-hydroxylation sites is 4. The Bertz CT molecular complexity index is 1360. The van der Waals surface area contributed by atoms with Crippen LogP contribution in [0.4, 0.5) is 16.2 Å². The number of imidazole rings is 1. The van der Waals surface area contributed by atoms with E-state index < -0.39 is 0 Å². The van der Waals surface area contributed by atoms with E-state index in [1.807, 2.05) is 84.9 Å². The van der Waals surface area contributed by atoms with Crippen LogP contribution in [0.3, 0.4) is 0 Å². The molecule has 0 saturated carbocycles. The second-order valence-electron chi connectivity index (χ2n) is 7.83. The van der Waals surface area contributed by atoms with E-state index in [-0.39, 0.29) is 6.03 Å². The number of benzene rings is 4. The summed E-state index contributed by atoms with van der Waals surface area (Å²) >= 11 is 0. The molecular formula is C28H24N4O. The predicted molar refractivity (Wildman–Crippen MR) is 134 cm³/mol. The lowest BCUT2D eigenvalue weighted by Gasteiger charge is -2.10. The van der Waals surface area contributed by atoms with E-state index in [0.29, 0.717) is 0 Å². The number of urea groups is 1. The molecule has 5 aromatic rings. The SMILES string of the molecule is O=C(Nc1ccccc1)Nc1ccc(CCc2nc3ccccc3n2-c2ccccc2)cc1. The first-order valence-electron chi connectivity index (χ1n) is 11.0. The summed E-state index contributed by atoms with van der Waals surface area (Å²) < 4.78 is 2.24. The predicted octanol–water partition coefficient (Wildman–Crippen LogP) is 6.45. The summed E-state index contributed by atoms with van der Waals surface area (Å²) in [6.07, 6.45) is 1.66. The molecule has 0 bridgehead atoms. The zero-order valence-corrected chi connectivity index (χ0v) is 18.1. The van der Waals surface area contributed by atoms with Crippen molar-refractivity contribution in [1.29, 1.82) is 0 Å². The van der Waals surface area contributed by atoms with Crippen LogP contribution >= 0.6 is 0 Å². The Kier molecular flexibility index (Phi) is 5.85. The van der Waals surface area contributed by atoms with E-state index in [9.17, 15) is 4.79 Å². The average molecular weight is 433 g/mol. The van der Waals surface area contributed by atoms with Crippen LogP contribution in [0, 0.1) is 0 Å². The van der Waals surface area contributed by atoms with Crippen LogP contribution in [0.25, 0.3) is 16.7 Å². The van der Waals surface area contributed by atoms with Crippen molar-refractivity contribution in [3.63, 3.8) is 0 Å². The first kappa shape index (κ1) is 20.5. The zero-order chi connectivity index (χ0) is 22.5. The number of aryl methyl sites for hydroxylation is 2. The maximum Gasteiger partial charge on any atom is 0.323 e. The standard InChI is InChI=1S/C28H24N4O/c33-28(29-22-9-3-1-4-10-22)30-23-18-15-21(16-19-23)17-20-27-31-25-13-7-8-14-26(25)32(27)24-11-5-2-6-12-24/h1-16,18-19H,17,20H2,(H2,29,30,33). The van der Waals surface area contributed by atoms with E-state index in [2.05, 4.69) is 39.5 Å².